The summed E-state index contributed by atoms with van der Waals surface area (Å²) < 4.78 is 11.3. The second kappa shape index (κ2) is 8.99. The highest BCUT2D eigenvalue weighted by atomic mass is 16.6. The molecule has 0 amide bonds. The Morgan fingerprint density at radius 3 is 2.64 bits per heavy atom. The van der Waals surface area contributed by atoms with Crippen LogP contribution in [0.3, 0.4) is 0 Å². The van der Waals surface area contributed by atoms with Crippen molar-refractivity contribution in [1.29, 1.82) is 0 Å². The molecule has 0 aromatic heterocycles. The quantitative estimate of drug-likeness (QED) is 0.314. The molecular formula is C20H30O2. The van der Waals surface area contributed by atoms with Gasteiger partial charge in [0.2, 0.25) is 0 Å². The maximum atomic E-state index is 5.95. The van der Waals surface area contributed by atoms with Gasteiger partial charge in [0.05, 0.1) is 6.61 Å². The molecule has 2 heteroatoms. The first kappa shape index (κ1) is 17.1. The number of hydrogen-bond acceptors (Lipinski definition) is 2. The van der Waals surface area contributed by atoms with Gasteiger partial charge in [0, 0.05) is 0 Å². The fraction of sp³-hybridized carbons (Fsp3) is 0.600. The molecule has 1 unspecified atom stereocenters. The summed E-state index contributed by atoms with van der Waals surface area (Å²) in [5, 5.41) is 0. The summed E-state index contributed by atoms with van der Waals surface area (Å²) in [7, 11) is 0. The second-order valence-electron chi connectivity index (χ2n) is 6.51. The molecule has 1 fully saturated rings. The Morgan fingerprint density at radius 1 is 1.14 bits per heavy atom. The van der Waals surface area contributed by atoms with Crippen LogP contribution in [0.2, 0.25) is 0 Å². The fourth-order valence-corrected chi connectivity index (χ4v) is 2.56. The van der Waals surface area contributed by atoms with Crippen molar-refractivity contribution in [2.45, 2.75) is 64.4 Å². The molecule has 1 aromatic rings. The zero-order chi connectivity index (χ0) is 15.7. The minimum Gasteiger partial charge on any atom is -0.490 e. The van der Waals surface area contributed by atoms with E-state index in [9.17, 15) is 0 Å². The van der Waals surface area contributed by atoms with Crippen LogP contribution in [0.4, 0.5) is 0 Å². The topological polar surface area (TPSA) is 21.8 Å². The highest BCUT2D eigenvalue weighted by Gasteiger charge is 2.40. The van der Waals surface area contributed by atoms with Gasteiger partial charge in [-0.15, -0.1) is 0 Å². The Labute approximate surface area is 135 Å². The fourth-order valence-electron chi connectivity index (χ4n) is 2.56. The van der Waals surface area contributed by atoms with Crippen molar-refractivity contribution in [3.8, 4) is 5.75 Å². The maximum Gasteiger partial charge on any atom is 0.123 e. The van der Waals surface area contributed by atoms with Crippen LogP contribution >= 0.6 is 0 Å². The molecule has 0 radical (unpaired) electrons. The van der Waals surface area contributed by atoms with Crippen molar-refractivity contribution in [1.82, 2.24) is 0 Å². The number of aryl methyl sites for hydroxylation is 1. The Kier molecular flexibility index (Phi) is 6.98. The smallest absolute Gasteiger partial charge is 0.123 e. The zero-order valence-corrected chi connectivity index (χ0v) is 14.1. The molecule has 1 aliphatic heterocycles. The number of hydrogen-bond donors (Lipinski definition) is 0. The number of benzene rings is 1. The van der Waals surface area contributed by atoms with Gasteiger partial charge in [-0.25, -0.2) is 0 Å². The number of rotatable bonds is 11. The molecule has 0 spiro atoms. The van der Waals surface area contributed by atoms with Crippen LogP contribution in [0.15, 0.2) is 36.4 Å². The number of ether oxygens (including phenoxy) is 2. The number of unbranched alkanes of at least 4 members (excludes halogenated alkanes) is 5. The zero-order valence-electron chi connectivity index (χ0n) is 14.1. The summed E-state index contributed by atoms with van der Waals surface area (Å²) in [6, 6.07) is 8.43. The van der Waals surface area contributed by atoms with E-state index in [2.05, 4.69) is 50.3 Å². The van der Waals surface area contributed by atoms with Crippen LogP contribution in [0.1, 0.15) is 57.9 Å². The van der Waals surface area contributed by atoms with Crippen molar-refractivity contribution < 1.29 is 9.47 Å². The van der Waals surface area contributed by atoms with E-state index < -0.39 is 0 Å². The van der Waals surface area contributed by atoms with Crippen LogP contribution in [0.25, 0.3) is 0 Å². The number of allylic oxidation sites excluding steroid dienone is 2. The lowest BCUT2D eigenvalue weighted by atomic mass is 10.0. The third-order valence-electron chi connectivity index (χ3n) is 4.20. The Hall–Kier alpha value is -1.28. The van der Waals surface area contributed by atoms with Gasteiger partial charge >= 0.3 is 0 Å². The van der Waals surface area contributed by atoms with Gasteiger partial charge in [0.15, 0.2) is 0 Å². The van der Waals surface area contributed by atoms with Crippen LogP contribution in [-0.4, -0.2) is 18.8 Å². The standard InChI is InChI=1S/C20H30O2/c1-3-4-5-6-7-8-9-10-13-18-14-11-12-15-19(18)21-16-20(2)17-22-20/h3-4,11-12,14-15H,5-10,13,16-17H2,1-2H3/b4-3+. The summed E-state index contributed by atoms with van der Waals surface area (Å²) in [6.45, 7) is 5.68. The molecule has 1 aliphatic rings. The summed E-state index contributed by atoms with van der Waals surface area (Å²) >= 11 is 0. The number of epoxide rings is 1. The van der Waals surface area contributed by atoms with Gasteiger partial charge in [0.1, 0.15) is 18.0 Å². The van der Waals surface area contributed by atoms with Crippen LogP contribution in [0.5, 0.6) is 5.75 Å². The van der Waals surface area contributed by atoms with Gasteiger partial charge < -0.3 is 9.47 Å². The van der Waals surface area contributed by atoms with Crippen molar-refractivity contribution in [3.05, 3.63) is 42.0 Å². The van der Waals surface area contributed by atoms with Gasteiger partial charge in [0.25, 0.3) is 0 Å². The molecule has 22 heavy (non-hydrogen) atoms. The highest BCUT2D eigenvalue weighted by Crippen LogP contribution is 2.28. The van der Waals surface area contributed by atoms with Gasteiger partial charge in [-0.2, -0.15) is 0 Å². The lowest BCUT2D eigenvalue weighted by Crippen LogP contribution is -2.17. The average Bonchev–Trinajstić information content (AvgIpc) is 3.27. The van der Waals surface area contributed by atoms with Crippen molar-refractivity contribution in [2.24, 2.45) is 0 Å². The normalized spacial score (nSPS) is 20.5. The molecule has 1 heterocycles. The van der Waals surface area contributed by atoms with E-state index in [1.54, 1.807) is 0 Å². The van der Waals surface area contributed by atoms with Crippen molar-refractivity contribution in [2.75, 3.05) is 13.2 Å². The lowest BCUT2D eigenvalue weighted by Gasteiger charge is -2.13. The summed E-state index contributed by atoms with van der Waals surface area (Å²) in [6.07, 6.45) is 13.3. The van der Waals surface area contributed by atoms with E-state index in [1.165, 1.54) is 44.1 Å². The maximum absolute atomic E-state index is 5.95. The Morgan fingerprint density at radius 2 is 1.86 bits per heavy atom. The molecule has 0 aliphatic carbocycles. The van der Waals surface area contributed by atoms with E-state index in [-0.39, 0.29) is 5.60 Å². The molecule has 2 rings (SSSR count). The first-order chi connectivity index (χ1) is 10.7. The Balaban J connectivity index is 1.64. The van der Waals surface area contributed by atoms with Crippen LogP contribution in [0, 0.1) is 0 Å². The molecule has 2 nitrogen and oxygen atoms in total. The van der Waals surface area contributed by atoms with Crippen LogP contribution < -0.4 is 4.74 Å². The Bertz CT molecular complexity index is 461. The molecule has 0 N–H and O–H groups in total. The first-order valence-electron chi connectivity index (χ1n) is 8.69. The second-order valence-corrected chi connectivity index (χ2v) is 6.51. The van der Waals surface area contributed by atoms with E-state index in [0.29, 0.717) is 6.61 Å². The van der Waals surface area contributed by atoms with E-state index in [0.717, 1.165) is 18.8 Å². The minimum absolute atomic E-state index is 0.0416. The molecule has 1 aromatic carbocycles. The van der Waals surface area contributed by atoms with Gasteiger partial charge in [-0.1, -0.05) is 49.6 Å². The van der Waals surface area contributed by atoms with Crippen LogP contribution in [-0.2, 0) is 11.2 Å². The van der Waals surface area contributed by atoms with E-state index in [1.807, 2.05) is 0 Å². The molecule has 0 bridgehead atoms. The average molecular weight is 302 g/mol. The predicted octanol–water partition coefficient (Wildman–Crippen LogP) is 5.31. The molecule has 1 saturated heterocycles. The largest absolute Gasteiger partial charge is 0.490 e. The van der Waals surface area contributed by atoms with Crippen molar-refractivity contribution >= 4 is 0 Å². The first-order valence-corrected chi connectivity index (χ1v) is 8.69. The molecular weight excluding hydrogens is 272 g/mol. The molecule has 0 saturated carbocycles. The summed E-state index contributed by atoms with van der Waals surface area (Å²) in [5.74, 6) is 1.03. The highest BCUT2D eigenvalue weighted by molar-refractivity contribution is 5.33. The minimum atomic E-state index is -0.0416. The molecule has 122 valence electrons. The summed E-state index contributed by atoms with van der Waals surface area (Å²) in [4.78, 5) is 0. The van der Waals surface area contributed by atoms with E-state index >= 15 is 0 Å². The number of para-hydroxylation sites is 1. The third kappa shape index (κ3) is 6.23. The lowest BCUT2D eigenvalue weighted by molar-refractivity contribution is 0.201. The van der Waals surface area contributed by atoms with E-state index in [4.69, 9.17) is 9.47 Å². The predicted molar refractivity (Wildman–Crippen MR) is 92.5 cm³/mol. The van der Waals surface area contributed by atoms with Crippen molar-refractivity contribution in [3.63, 3.8) is 0 Å². The van der Waals surface area contributed by atoms with Gasteiger partial charge in [-0.3, -0.25) is 0 Å². The van der Waals surface area contributed by atoms with Gasteiger partial charge in [-0.05, 0) is 51.2 Å². The SMILES string of the molecule is C/C=C/CCCCCCCc1ccccc1OCC1(C)CO1. The molecule has 1 atom stereocenters. The summed E-state index contributed by atoms with van der Waals surface area (Å²) in [5.41, 5.74) is 1.29. The monoisotopic (exact) mass is 302 g/mol. The third-order valence-corrected chi connectivity index (χ3v) is 4.20.